The minimum absolute atomic E-state index is 0.148. The van der Waals surface area contributed by atoms with Crippen molar-refractivity contribution in [1.29, 1.82) is 0 Å². The highest BCUT2D eigenvalue weighted by atomic mass is 79.9. The number of amides is 1. The topological polar surface area (TPSA) is 55.4 Å². The molecule has 0 fully saturated rings. The van der Waals surface area contributed by atoms with E-state index in [1.54, 1.807) is 24.3 Å². The second-order valence-corrected chi connectivity index (χ2v) is 6.44. The Bertz CT molecular complexity index is 735. The normalized spacial score (nSPS) is 11.7. The number of hydrogen-bond acceptors (Lipinski definition) is 3. The predicted molar refractivity (Wildman–Crippen MR) is 91.7 cm³/mol. The molecule has 1 unspecified atom stereocenters. The number of hydrogen-bond donors (Lipinski definition) is 1. The van der Waals surface area contributed by atoms with Gasteiger partial charge in [-0.1, -0.05) is 15.9 Å². The molecule has 2 aromatic rings. The lowest BCUT2D eigenvalue weighted by Crippen LogP contribution is -2.30. The number of esters is 1. The summed E-state index contributed by atoms with van der Waals surface area (Å²) < 4.78 is 19.3. The van der Waals surface area contributed by atoms with Gasteiger partial charge in [0.05, 0.1) is 5.56 Å². The summed E-state index contributed by atoms with van der Waals surface area (Å²) in [5.74, 6) is -1.65. The van der Waals surface area contributed by atoms with Crippen LogP contribution >= 0.6 is 31.9 Å². The maximum Gasteiger partial charge on any atom is 0.340 e. The van der Waals surface area contributed by atoms with Crippen molar-refractivity contribution in [3.8, 4) is 0 Å². The Hall–Kier alpha value is -1.73. The van der Waals surface area contributed by atoms with Gasteiger partial charge in [-0.3, -0.25) is 4.79 Å². The molecule has 0 saturated heterocycles. The highest BCUT2D eigenvalue weighted by Gasteiger charge is 2.20. The quantitative estimate of drug-likeness (QED) is 0.704. The van der Waals surface area contributed by atoms with E-state index in [-0.39, 0.29) is 10.0 Å². The van der Waals surface area contributed by atoms with Gasteiger partial charge in [-0.2, -0.15) is 0 Å². The Labute approximate surface area is 149 Å². The standard InChI is InChI=1S/C16H12Br2FNO3/c1-9(15(21)20-12-5-2-10(17)3-6-12)23-16(22)13-7-4-11(19)8-14(13)18/h2-9H,1H3,(H,20,21). The van der Waals surface area contributed by atoms with E-state index in [0.717, 1.165) is 16.6 Å². The van der Waals surface area contributed by atoms with E-state index in [9.17, 15) is 14.0 Å². The lowest BCUT2D eigenvalue weighted by molar-refractivity contribution is -0.123. The molecule has 1 atom stereocenters. The van der Waals surface area contributed by atoms with Crippen LogP contribution in [0.15, 0.2) is 51.4 Å². The third kappa shape index (κ3) is 4.87. The maximum absolute atomic E-state index is 13.0. The Morgan fingerprint density at radius 1 is 1.13 bits per heavy atom. The molecule has 0 aromatic heterocycles. The molecule has 0 bridgehead atoms. The molecular weight excluding hydrogens is 433 g/mol. The second-order valence-electron chi connectivity index (χ2n) is 4.67. The predicted octanol–water partition coefficient (Wildman–Crippen LogP) is 4.53. The molecular formula is C16H12Br2FNO3. The number of carbonyl (C=O) groups is 2. The van der Waals surface area contributed by atoms with Gasteiger partial charge in [-0.25, -0.2) is 9.18 Å². The summed E-state index contributed by atoms with van der Waals surface area (Å²) >= 11 is 6.39. The first-order valence-electron chi connectivity index (χ1n) is 6.59. The summed E-state index contributed by atoms with van der Waals surface area (Å²) in [6, 6.07) is 10.6. The molecule has 0 aliphatic heterocycles. The number of carbonyl (C=O) groups excluding carboxylic acids is 2. The SMILES string of the molecule is CC(OC(=O)c1ccc(F)cc1Br)C(=O)Nc1ccc(Br)cc1. The molecule has 120 valence electrons. The van der Waals surface area contributed by atoms with Crippen molar-refractivity contribution >= 4 is 49.4 Å². The van der Waals surface area contributed by atoms with Crippen molar-refractivity contribution < 1.29 is 18.7 Å². The van der Waals surface area contributed by atoms with Crippen LogP contribution in [-0.2, 0) is 9.53 Å². The van der Waals surface area contributed by atoms with E-state index in [4.69, 9.17) is 4.74 Å². The average molecular weight is 445 g/mol. The van der Waals surface area contributed by atoms with Gasteiger partial charge in [-0.15, -0.1) is 0 Å². The van der Waals surface area contributed by atoms with Gasteiger partial charge in [0.2, 0.25) is 0 Å². The van der Waals surface area contributed by atoms with Crippen LogP contribution in [0, 0.1) is 5.82 Å². The fourth-order valence-electron chi connectivity index (χ4n) is 1.71. The first-order chi connectivity index (χ1) is 10.9. The number of rotatable bonds is 4. The number of anilines is 1. The first-order valence-corrected chi connectivity index (χ1v) is 8.18. The Kier molecular flexibility index (Phi) is 5.90. The van der Waals surface area contributed by atoms with E-state index >= 15 is 0 Å². The first kappa shape index (κ1) is 17.6. The van der Waals surface area contributed by atoms with Crippen LogP contribution in [-0.4, -0.2) is 18.0 Å². The van der Waals surface area contributed by atoms with Crippen molar-refractivity contribution in [2.45, 2.75) is 13.0 Å². The molecule has 7 heteroatoms. The molecule has 0 aliphatic carbocycles. The number of benzene rings is 2. The highest BCUT2D eigenvalue weighted by molar-refractivity contribution is 9.10. The van der Waals surface area contributed by atoms with E-state index in [0.29, 0.717) is 5.69 Å². The van der Waals surface area contributed by atoms with E-state index in [1.807, 2.05) is 0 Å². The molecule has 2 aromatic carbocycles. The van der Waals surface area contributed by atoms with Crippen molar-refractivity contribution in [1.82, 2.24) is 0 Å². The molecule has 0 radical (unpaired) electrons. The minimum Gasteiger partial charge on any atom is -0.449 e. The number of halogens is 3. The van der Waals surface area contributed by atoms with Crippen LogP contribution < -0.4 is 5.32 Å². The van der Waals surface area contributed by atoms with Crippen LogP contribution in [0.5, 0.6) is 0 Å². The Morgan fingerprint density at radius 3 is 2.39 bits per heavy atom. The van der Waals surface area contributed by atoms with Crippen LogP contribution in [0.4, 0.5) is 10.1 Å². The van der Waals surface area contributed by atoms with E-state index < -0.39 is 23.8 Å². The van der Waals surface area contributed by atoms with Gasteiger partial charge in [0.1, 0.15) is 5.82 Å². The van der Waals surface area contributed by atoms with E-state index in [2.05, 4.69) is 37.2 Å². The lowest BCUT2D eigenvalue weighted by atomic mass is 10.2. The van der Waals surface area contributed by atoms with Crippen LogP contribution in [0.25, 0.3) is 0 Å². The Balaban J connectivity index is 2.00. The molecule has 2 rings (SSSR count). The summed E-state index contributed by atoms with van der Waals surface area (Å²) in [7, 11) is 0. The fourth-order valence-corrected chi connectivity index (χ4v) is 2.49. The van der Waals surface area contributed by atoms with Gasteiger partial charge in [-0.05, 0) is 65.3 Å². The average Bonchev–Trinajstić information content (AvgIpc) is 2.49. The molecule has 0 heterocycles. The van der Waals surface area contributed by atoms with Crippen LogP contribution in [0.3, 0.4) is 0 Å². The molecule has 0 aliphatic rings. The molecule has 23 heavy (non-hydrogen) atoms. The van der Waals surface area contributed by atoms with Gasteiger partial charge in [0, 0.05) is 14.6 Å². The molecule has 4 nitrogen and oxygen atoms in total. The Morgan fingerprint density at radius 2 is 1.78 bits per heavy atom. The second kappa shape index (κ2) is 7.70. The summed E-state index contributed by atoms with van der Waals surface area (Å²) in [6.07, 6.45) is -0.997. The van der Waals surface area contributed by atoms with Gasteiger partial charge < -0.3 is 10.1 Å². The molecule has 0 spiro atoms. The summed E-state index contributed by atoms with van der Waals surface area (Å²) in [5.41, 5.74) is 0.735. The van der Waals surface area contributed by atoms with Crippen LogP contribution in [0.1, 0.15) is 17.3 Å². The number of nitrogens with one attached hydrogen (secondary N) is 1. The van der Waals surface area contributed by atoms with Crippen molar-refractivity contribution in [2.75, 3.05) is 5.32 Å². The van der Waals surface area contributed by atoms with Crippen LogP contribution in [0.2, 0.25) is 0 Å². The van der Waals surface area contributed by atoms with Crippen molar-refractivity contribution in [3.05, 3.63) is 62.8 Å². The minimum atomic E-state index is -0.997. The maximum atomic E-state index is 13.0. The van der Waals surface area contributed by atoms with E-state index in [1.165, 1.54) is 13.0 Å². The molecule has 1 N–H and O–H groups in total. The third-order valence-electron chi connectivity index (χ3n) is 2.92. The largest absolute Gasteiger partial charge is 0.449 e. The lowest BCUT2D eigenvalue weighted by Gasteiger charge is -2.14. The van der Waals surface area contributed by atoms with Crippen molar-refractivity contribution in [3.63, 3.8) is 0 Å². The molecule has 0 saturated carbocycles. The summed E-state index contributed by atoms with van der Waals surface area (Å²) in [5, 5.41) is 2.64. The smallest absolute Gasteiger partial charge is 0.340 e. The fraction of sp³-hybridized carbons (Fsp3) is 0.125. The molecule has 1 amide bonds. The summed E-state index contributed by atoms with van der Waals surface area (Å²) in [6.45, 7) is 1.46. The summed E-state index contributed by atoms with van der Waals surface area (Å²) in [4.78, 5) is 24.1. The van der Waals surface area contributed by atoms with Gasteiger partial charge in [0.15, 0.2) is 6.10 Å². The third-order valence-corrected chi connectivity index (χ3v) is 4.10. The zero-order chi connectivity index (χ0) is 17.0. The highest BCUT2D eigenvalue weighted by Crippen LogP contribution is 2.20. The number of ether oxygens (including phenoxy) is 1. The van der Waals surface area contributed by atoms with Crippen molar-refractivity contribution in [2.24, 2.45) is 0 Å². The van der Waals surface area contributed by atoms with Gasteiger partial charge >= 0.3 is 5.97 Å². The zero-order valence-corrected chi connectivity index (χ0v) is 15.1. The van der Waals surface area contributed by atoms with Gasteiger partial charge in [0.25, 0.3) is 5.91 Å². The zero-order valence-electron chi connectivity index (χ0n) is 12.0. The monoisotopic (exact) mass is 443 g/mol.